The maximum absolute atomic E-state index is 13.5. The second-order valence-corrected chi connectivity index (χ2v) is 11.4. The first-order valence-corrected chi connectivity index (χ1v) is 13.5. The summed E-state index contributed by atoms with van der Waals surface area (Å²) < 4.78 is 26.1. The normalized spacial score (nSPS) is 12.4. The van der Waals surface area contributed by atoms with Crippen LogP contribution in [-0.4, -0.2) is 50.5 Å². The van der Waals surface area contributed by atoms with Gasteiger partial charge in [-0.05, 0) is 43.5 Å². The van der Waals surface area contributed by atoms with Crippen LogP contribution in [0.25, 0.3) is 0 Å². The summed E-state index contributed by atoms with van der Waals surface area (Å²) in [7, 11) is -3.84. The molecule has 2 rings (SSSR count). The smallest absolute Gasteiger partial charge is 0.244 e. The Hall–Kier alpha value is -2.29. The predicted octanol–water partition coefficient (Wildman–Crippen LogP) is 4.26. The van der Waals surface area contributed by atoms with Crippen LogP contribution in [0.2, 0.25) is 10.0 Å². The van der Waals surface area contributed by atoms with Crippen LogP contribution in [0.5, 0.6) is 0 Å². The number of carbonyl (C=O) groups is 2. The Morgan fingerprint density at radius 3 is 2.15 bits per heavy atom. The van der Waals surface area contributed by atoms with Crippen molar-refractivity contribution in [2.24, 2.45) is 5.92 Å². The molecule has 10 heteroatoms. The van der Waals surface area contributed by atoms with Gasteiger partial charge in [-0.3, -0.25) is 13.9 Å². The van der Waals surface area contributed by atoms with Gasteiger partial charge in [-0.25, -0.2) is 8.42 Å². The zero-order chi connectivity index (χ0) is 25.6. The highest BCUT2D eigenvalue weighted by molar-refractivity contribution is 7.92. The summed E-state index contributed by atoms with van der Waals surface area (Å²) >= 11 is 12.0. The molecule has 0 bridgehead atoms. The molecule has 186 valence electrons. The monoisotopic (exact) mass is 527 g/mol. The molecule has 1 atom stereocenters. The Morgan fingerprint density at radius 1 is 1.00 bits per heavy atom. The molecule has 0 saturated carbocycles. The lowest BCUT2D eigenvalue weighted by molar-refractivity contribution is -0.139. The van der Waals surface area contributed by atoms with Gasteiger partial charge in [0.05, 0.1) is 22.0 Å². The van der Waals surface area contributed by atoms with Gasteiger partial charge in [0.15, 0.2) is 0 Å². The van der Waals surface area contributed by atoms with Gasteiger partial charge < -0.3 is 10.2 Å². The van der Waals surface area contributed by atoms with Gasteiger partial charge in [-0.15, -0.1) is 0 Å². The number of nitrogens with zero attached hydrogens (tertiary/aromatic N) is 2. The van der Waals surface area contributed by atoms with Crippen LogP contribution in [-0.2, 0) is 26.2 Å². The minimum Gasteiger partial charge on any atom is -0.354 e. The molecule has 0 aliphatic heterocycles. The van der Waals surface area contributed by atoms with Gasteiger partial charge >= 0.3 is 0 Å². The third-order valence-corrected chi connectivity index (χ3v) is 7.08. The highest BCUT2D eigenvalue weighted by Crippen LogP contribution is 2.28. The van der Waals surface area contributed by atoms with Crippen LogP contribution < -0.4 is 9.62 Å². The van der Waals surface area contributed by atoms with Crippen molar-refractivity contribution in [1.29, 1.82) is 0 Å². The Labute approximate surface area is 212 Å². The van der Waals surface area contributed by atoms with Gasteiger partial charge in [0.1, 0.15) is 12.6 Å². The standard InChI is InChI=1S/C24H31Cl2N3O4S/c1-16(2)13-27-24(31)18(4)28(14-19-8-6-17(3)7-9-19)23(30)15-29(34(5,32)33)20-10-11-21(25)22(26)12-20/h6-12,16,18H,13-15H2,1-5H3,(H,27,31)/t18-/m0/s1. The van der Waals surface area contributed by atoms with Gasteiger partial charge in [0, 0.05) is 13.1 Å². The average molecular weight is 529 g/mol. The fourth-order valence-electron chi connectivity index (χ4n) is 3.18. The van der Waals surface area contributed by atoms with Crippen LogP contribution in [0.15, 0.2) is 42.5 Å². The van der Waals surface area contributed by atoms with Crippen LogP contribution in [0.3, 0.4) is 0 Å². The lowest BCUT2D eigenvalue weighted by Gasteiger charge is -2.31. The zero-order valence-electron chi connectivity index (χ0n) is 20.0. The van der Waals surface area contributed by atoms with E-state index in [1.165, 1.54) is 23.1 Å². The van der Waals surface area contributed by atoms with Crippen molar-refractivity contribution in [2.75, 3.05) is 23.7 Å². The summed E-state index contributed by atoms with van der Waals surface area (Å²) in [6.45, 7) is 7.65. The number of hydrogen-bond donors (Lipinski definition) is 1. The van der Waals surface area contributed by atoms with Crippen LogP contribution in [0.4, 0.5) is 5.69 Å². The molecular formula is C24H31Cl2N3O4S. The summed E-state index contributed by atoms with van der Waals surface area (Å²) in [6, 6.07) is 11.1. The number of amides is 2. The molecule has 2 amide bonds. The molecule has 2 aromatic carbocycles. The maximum atomic E-state index is 13.5. The molecule has 0 aromatic heterocycles. The first-order valence-electron chi connectivity index (χ1n) is 10.8. The predicted molar refractivity (Wildman–Crippen MR) is 138 cm³/mol. The number of benzene rings is 2. The first kappa shape index (κ1) is 28.0. The van der Waals surface area contributed by atoms with Crippen molar-refractivity contribution in [3.63, 3.8) is 0 Å². The molecule has 0 radical (unpaired) electrons. The van der Waals surface area contributed by atoms with E-state index in [2.05, 4.69) is 5.32 Å². The number of aryl methyl sites for hydroxylation is 1. The summed E-state index contributed by atoms with van der Waals surface area (Å²) in [5.41, 5.74) is 2.09. The second kappa shape index (κ2) is 11.9. The van der Waals surface area contributed by atoms with E-state index in [-0.39, 0.29) is 34.1 Å². The van der Waals surface area contributed by atoms with Crippen LogP contribution in [0.1, 0.15) is 31.9 Å². The molecule has 1 N–H and O–H groups in total. The van der Waals surface area contributed by atoms with Crippen LogP contribution >= 0.6 is 23.2 Å². The first-order chi connectivity index (χ1) is 15.8. The fourth-order valence-corrected chi connectivity index (χ4v) is 4.31. The van der Waals surface area contributed by atoms with Crippen LogP contribution in [0, 0.1) is 12.8 Å². The van der Waals surface area contributed by atoms with E-state index in [1.807, 2.05) is 45.0 Å². The Kier molecular flexibility index (Phi) is 9.79. The maximum Gasteiger partial charge on any atom is 0.244 e. The molecule has 0 fully saturated rings. The quantitative estimate of drug-likeness (QED) is 0.500. The van der Waals surface area contributed by atoms with Crippen molar-refractivity contribution in [2.45, 2.75) is 40.3 Å². The van der Waals surface area contributed by atoms with Crippen molar-refractivity contribution in [3.8, 4) is 0 Å². The lowest BCUT2D eigenvalue weighted by atomic mass is 10.1. The third-order valence-electron chi connectivity index (χ3n) is 5.20. The zero-order valence-corrected chi connectivity index (χ0v) is 22.3. The van der Waals surface area contributed by atoms with Crippen molar-refractivity contribution < 1.29 is 18.0 Å². The second-order valence-electron chi connectivity index (χ2n) is 8.69. The summed E-state index contributed by atoms with van der Waals surface area (Å²) in [5, 5.41) is 3.27. The van der Waals surface area contributed by atoms with Gasteiger partial charge in [0.25, 0.3) is 0 Å². The number of hydrogen-bond acceptors (Lipinski definition) is 4. The highest BCUT2D eigenvalue weighted by atomic mass is 35.5. The highest BCUT2D eigenvalue weighted by Gasteiger charge is 2.30. The number of carbonyl (C=O) groups excluding carboxylic acids is 2. The molecule has 0 heterocycles. The molecule has 0 aliphatic carbocycles. The van der Waals surface area contributed by atoms with E-state index in [1.54, 1.807) is 6.92 Å². The van der Waals surface area contributed by atoms with E-state index in [0.717, 1.165) is 21.7 Å². The van der Waals surface area contributed by atoms with Crippen molar-refractivity contribution in [1.82, 2.24) is 10.2 Å². The molecule has 0 saturated heterocycles. The van der Waals surface area contributed by atoms with E-state index in [4.69, 9.17) is 23.2 Å². The van der Waals surface area contributed by atoms with Crippen molar-refractivity contribution >= 4 is 50.7 Å². The molecule has 0 aliphatic rings. The molecule has 0 spiro atoms. The molecular weight excluding hydrogens is 497 g/mol. The lowest BCUT2D eigenvalue weighted by Crippen LogP contribution is -2.51. The van der Waals surface area contributed by atoms with E-state index in [9.17, 15) is 18.0 Å². The summed E-state index contributed by atoms with van der Waals surface area (Å²) in [5.74, 6) is -0.591. The third kappa shape index (κ3) is 7.89. The van der Waals surface area contributed by atoms with Gasteiger partial charge in [-0.2, -0.15) is 0 Å². The largest absolute Gasteiger partial charge is 0.354 e. The van der Waals surface area contributed by atoms with Gasteiger partial charge in [-0.1, -0.05) is 66.9 Å². The van der Waals surface area contributed by atoms with Gasteiger partial charge in [0.2, 0.25) is 21.8 Å². The number of anilines is 1. The SMILES string of the molecule is Cc1ccc(CN(C(=O)CN(c2ccc(Cl)c(Cl)c2)S(C)(=O)=O)[C@@H](C)C(=O)NCC(C)C)cc1. The van der Waals surface area contributed by atoms with E-state index < -0.39 is 28.5 Å². The molecule has 2 aromatic rings. The minimum atomic E-state index is -3.84. The molecule has 7 nitrogen and oxygen atoms in total. The number of nitrogens with one attached hydrogen (secondary N) is 1. The number of sulfonamides is 1. The Balaban J connectivity index is 2.37. The fraction of sp³-hybridized carbons (Fsp3) is 0.417. The average Bonchev–Trinajstić information content (AvgIpc) is 2.76. The Bertz CT molecular complexity index is 1120. The van der Waals surface area contributed by atoms with E-state index >= 15 is 0 Å². The number of rotatable bonds is 10. The van der Waals surface area contributed by atoms with Crippen molar-refractivity contribution in [3.05, 3.63) is 63.6 Å². The van der Waals surface area contributed by atoms with E-state index in [0.29, 0.717) is 6.54 Å². The minimum absolute atomic E-state index is 0.147. The Morgan fingerprint density at radius 2 is 1.62 bits per heavy atom. The summed E-state index contributed by atoms with van der Waals surface area (Å²) in [4.78, 5) is 27.7. The number of halogens is 2. The molecule has 0 unspecified atom stereocenters. The topological polar surface area (TPSA) is 86.8 Å². The summed E-state index contributed by atoms with van der Waals surface area (Å²) in [6.07, 6.45) is 1.01. The molecule has 34 heavy (non-hydrogen) atoms.